The van der Waals surface area contributed by atoms with E-state index in [4.69, 9.17) is 21.4 Å². The number of aromatic carboxylic acids is 1. The molecule has 134 valence electrons. The Morgan fingerprint density at radius 3 is 3.00 bits per heavy atom. The number of carbonyl (C=O) groups is 2. The maximum Gasteiger partial charge on any atom is 0.412 e. The molecule has 1 spiro atoms. The molecule has 2 aromatic rings. The summed E-state index contributed by atoms with van der Waals surface area (Å²) >= 11 is 5.91. The molecule has 0 radical (unpaired) electrons. The fraction of sp³-hybridized carbons (Fsp3) is 0.250. The van der Waals surface area contributed by atoms with Crippen LogP contribution in [0, 0.1) is 5.82 Å². The van der Waals surface area contributed by atoms with Gasteiger partial charge >= 0.3 is 12.1 Å². The lowest BCUT2D eigenvalue weighted by Gasteiger charge is -2.35. The highest BCUT2D eigenvalue weighted by Gasteiger charge is 2.50. The summed E-state index contributed by atoms with van der Waals surface area (Å²) in [5.74, 6) is -1.48. The Morgan fingerprint density at radius 2 is 2.23 bits per heavy atom. The average molecular weight is 379 g/mol. The third kappa shape index (κ3) is 2.51. The van der Waals surface area contributed by atoms with Crippen molar-refractivity contribution in [1.29, 1.82) is 0 Å². The lowest BCUT2D eigenvalue weighted by molar-refractivity contribution is 0.0263. The Labute approximate surface area is 151 Å². The van der Waals surface area contributed by atoms with Crippen LogP contribution in [-0.2, 0) is 10.3 Å². The van der Waals surface area contributed by atoms with Gasteiger partial charge < -0.3 is 14.7 Å². The number of fused-ring (bicyclic) bond motifs is 2. The number of benzene rings is 1. The molecule has 4 rings (SSSR count). The SMILES string of the molecule is O=C1Nc2ccc(Cl)c(F)c2[C@]2(CCN(c3cc(C(=O)O)ncn3)C2)O1. The van der Waals surface area contributed by atoms with E-state index in [0.29, 0.717) is 24.5 Å². The van der Waals surface area contributed by atoms with Gasteiger partial charge in [0.2, 0.25) is 0 Å². The van der Waals surface area contributed by atoms with Crippen LogP contribution in [0.15, 0.2) is 24.5 Å². The number of amides is 1. The number of anilines is 2. The summed E-state index contributed by atoms with van der Waals surface area (Å²) in [6, 6.07) is 4.21. The Hall–Kier alpha value is -2.94. The van der Waals surface area contributed by atoms with Gasteiger partial charge in [0.25, 0.3) is 0 Å². The molecule has 1 aromatic heterocycles. The summed E-state index contributed by atoms with van der Waals surface area (Å²) in [6.45, 7) is 0.496. The van der Waals surface area contributed by atoms with Crippen LogP contribution in [0.2, 0.25) is 5.02 Å². The number of hydrogen-bond acceptors (Lipinski definition) is 6. The van der Waals surface area contributed by atoms with Crippen LogP contribution in [0.5, 0.6) is 0 Å². The van der Waals surface area contributed by atoms with Crippen LogP contribution in [0.4, 0.5) is 20.7 Å². The van der Waals surface area contributed by atoms with E-state index >= 15 is 0 Å². The number of ether oxygens (including phenoxy) is 1. The minimum absolute atomic E-state index is 0.0727. The number of halogens is 2. The van der Waals surface area contributed by atoms with Gasteiger partial charge in [-0.2, -0.15) is 0 Å². The monoisotopic (exact) mass is 378 g/mol. The Kier molecular flexibility index (Phi) is 3.69. The second-order valence-corrected chi connectivity index (χ2v) is 6.44. The number of hydrogen-bond donors (Lipinski definition) is 2. The summed E-state index contributed by atoms with van der Waals surface area (Å²) in [5, 5.41) is 11.5. The first-order chi connectivity index (χ1) is 12.4. The summed E-state index contributed by atoms with van der Waals surface area (Å²) in [4.78, 5) is 32.5. The zero-order valence-electron chi connectivity index (χ0n) is 13.2. The van der Waals surface area contributed by atoms with Gasteiger partial charge in [0.05, 0.1) is 22.8 Å². The molecule has 1 aromatic carbocycles. The molecule has 2 aliphatic rings. The quantitative estimate of drug-likeness (QED) is 0.827. The predicted molar refractivity (Wildman–Crippen MR) is 89.0 cm³/mol. The van der Waals surface area contributed by atoms with E-state index in [1.54, 1.807) is 4.90 Å². The van der Waals surface area contributed by atoms with Crippen molar-refractivity contribution in [2.45, 2.75) is 12.0 Å². The van der Waals surface area contributed by atoms with Crippen LogP contribution < -0.4 is 10.2 Å². The Bertz CT molecular complexity index is 940. The maximum atomic E-state index is 14.7. The molecule has 0 saturated carbocycles. The summed E-state index contributed by atoms with van der Waals surface area (Å²) in [5.41, 5.74) is -0.910. The van der Waals surface area contributed by atoms with Gasteiger partial charge in [0.15, 0.2) is 17.1 Å². The molecule has 0 bridgehead atoms. The molecule has 2 aliphatic heterocycles. The van der Waals surface area contributed by atoms with Gasteiger partial charge in [0.1, 0.15) is 12.1 Å². The molecule has 8 nitrogen and oxygen atoms in total. The molecular weight excluding hydrogens is 367 g/mol. The van der Waals surface area contributed by atoms with Gasteiger partial charge in [-0.25, -0.2) is 23.9 Å². The molecule has 1 amide bonds. The number of carbonyl (C=O) groups excluding carboxylic acids is 1. The second kappa shape index (κ2) is 5.80. The molecule has 10 heteroatoms. The normalized spacial score (nSPS) is 21.3. The largest absolute Gasteiger partial charge is 0.477 e. The zero-order valence-corrected chi connectivity index (χ0v) is 14.0. The van der Waals surface area contributed by atoms with E-state index in [-0.39, 0.29) is 22.8 Å². The first-order valence-corrected chi connectivity index (χ1v) is 8.06. The van der Waals surface area contributed by atoms with Crippen LogP contribution in [0.1, 0.15) is 22.5 Å². The van der Waals surface area contributed by atoms with Crippen LogP contribution in [0.25, 0.3) is 0 Å². The second-order valence-electron chi connectivity index (χ2n) is 6.03. The van der Waals surface area contributed by atoms with Gasteiger partial charge in [-0.15, -0.1) is 0 Å². The van der Waals surface area contributed by atoms with Crippen molar-refractivity contribution in [1.82, 2.24) is 9.97 Å². The third-order valence-electron chi connectivity index (χ3n) is 4.50. The van der Waals surface area contributed by atoms with Crippen molar-refractivity contribution in [3.8, 4) is 0 Å². The molecule has 1 fully saturated rings. The number of rotatable bonds is 2. The molecule has 3 heterocycles. The van der Waals surface area contributed by atoms with Gasteiger partial charge in [-0.3, -0.25) is 5.32 Å². The van der Waals surface area contributed by atoms with E-state index in [0.717, 1.165) is 6.33 Å². The first kappa shape index (κ1) is 16.5. The lowest BCUT2D eigenvalue weighted by atomic mass is 9.89. The number of carboxylic acids is 1. The molecule has 2 N–H and O–H groups in total. The van der Waals surface area contributed by atoms with Gasteiger partial charge in [-0.05, 0) is 12.1 Å². The molecule has 0 unspecified atom stereocenters. The minimum Gasteiger partial charge on any atom is -0.477 e. The number of carboxylic acid groups (broad SMARTS) is 1. The van der Waals surface area contributed by atoms with Crippen molar-refractivity contribution in [2.24, 2.45) is 0 Å². The smallest absolute Gasteiger partial charge is 0.412 e. The Morgan fingerprint density at radius 1 is 1.42 bits per heavy atom. The van der Waals surface area contributed by atoms with Gasteiger partial charge in [0, 0.05) is 19.0 Å². The molecule has 1 saturated heterocycles. The minimum atomic E-state index is -1.24. The average Bonchev–Trinajstić information content (AvgIpc) is 3.02. The van der Waals surface area contributed by atoms with Crippen molar-refractivity contribution >= 4 is 35.2 Å². The molecule has 0 aliphatic carbocycles. The highest BCUT2D eigenvalue weighted by molar-refractivity contribution is 6.31. The standard InChI is InChI=1S/C16H12ClFN4O4/c17-8-1-2-9-12(13(8)18)16(26-15(25)21-9)3-4-22(6-16)11-5-10(14(23)24)19-7-20-11/h1-2,5,7H,3-4,6H2,(H,21,25)(H,23,24)/t16-/m1/s1. The van der Waals surface area contributed by atoms with Crippen molar-refractivity contribution in [3.63, 3.8) is 0 Å². The highest BCUT2D eigenvalue weighted by Crippen LogP contribution is 2.46. The summed E-state index contributed by atoms with van der Waals surface area (Å²) < 4.78 is 20.2. The van der Waals surface area contributed by atoms with Crippen LogP contribution >= 0.6 is 11.6 Å². The van der Waals surface area contributed by atoms with E-state index < -0.39 is 23.5 Å². The van der Waals surface area contributed by atoms with Crippen LogP contribution in [0.3, 0.4) is 0 Å². The maximum absolute atomic E-state index is 14.7. The lowest BCUT2D eigenvalue weighted by Crippen LogP contribution is -2.42. The number of nitrogens with one attached hydrogen (secondary N) is 1. The van der Waals surface area contributed by atoms with Gasteiger partial charge in [-0.1, -0.05) is 11.6 Å². The summed E-state index contributed by atoms with van der Waals surface area (Å²) in [6.07, 6.45) is 0.760. The van der Waals surface area contributed by atoms with Crippen molar-refractivity contribution in [2.75, 3.05) is 23.3 Å². The van der Waals surface area contributed by atoms with E-state index in [1.165, 1.54) is 18.2 Å². The highest BCUT2D eigenvalue weighted by atomic mass is 35.5. The van der Waals surface area contributed by atoms with E-state index in [9.17, 15) is 14.0 Å². The first-order valence-electron chi connectivity index (χ1n) is 7.68. The third-order valence-corrected chi connectivity index (χ3v) is 4.79. The van der Waals surface area contributed by atoms with Crippen LogP contribution in [-0.4, -0.2) is 40.2 Å². The molecule has 1 atom stereocenters. The summed E-state index contributed by atoms with van der Waals surface area (Å²) in [7, 11) is 0. The fourth-order valence-electron chi connectivity index (χ4n) is 3.37. The number of nitrogens with zero attached hydrogens (tertiary/aromatic N) is 3. The fourth-order valence-corrected chi connectivity index (χ4v) is 3.52. The molecular formula is C16H12ClFN4O4. The van der Waals surface area contributed by atoms with E-state index in [2.05, 4.69) is 15.3 Å². The Balaban J connectivity index is 1.74. The van der Waals surface area contributed by atoms with Crippen molar-refractivity contribution in [3.05, 3.63) is 46.6 Å². The van der Waals surface area contributed by atoms with E-state index in [1.807, 2.05) is 0 Å². The predicted octanol–water partition coefficient (Wildman–Crippen LogP) is 2.64. The molecule has 26 heavy (non-hydrogen) atoms. The van der Waals surface area contributed by atoms with Crippen molar-refractivity contribution < 1.29 is 23.8 Å². The topological polar surface area (TPSA) is 105 Å². The number of aromatic nitrogens is 2. The zero-order chi connectivity index (χ0) is 18.5.